The molecule has 0 spiro atoms. The predicted octanol–water partition coefficient (Wildman–Crippen LogP) is 3.62. The van der Waals surface area contributed by atoms with Crippen molar-refractivity contribution in [2.75, 3.05) is 13.2 Å². The van der Waals surface area contributed by atoms with Gasteiger partial charge in [0.2, 0.25) is 0 Å². The summed E-state index contributed by atoms with van der Waals surface area (Å²) >= 11 is 7.11. The van der Waals surface area contributed by atoms with E-state index in [2.05, 4.69) is 0 Å². The highest BCUT2D eigenvalue weighted by Gasteiger charge is 2.33. The summed E-state index contributed by atoms with van der Waals surface area (Å²) in [6.45, 7) is 3.21. The Balaban J connectivity index is 2.50. The Morgan fingerprint density at radius 2 is 1.77 bits per heavy atom. The van der Waals surface area contributed by atoms with Crippen LogP contribution in [0.3, 0.4) is 0 Å². The van der Waals surface area contributed by atoms with Crippen LogP contribution in [0.25, 0.3) is 5.70 Å². The van der Waals surface area contributed by atoms with Gasteiger partial charge in [-0.2, -0.15) is 5.26 Å². The normalized spacial score (nSPS) is 14.1. The van der Waals surface area contributed by atoms with E-state index in [0.717, 1.165) is 36.8 Å². The van der Waals surface area contributed by atoms with E-state index >= 15 is 0 Å². The van der Waals surface area contributed by atoms with Crippen molar-refractivity contribution in [3.8, 4) is 6.07 Å². The third kappa shape index (κ3) is 11.3. The maximum atomic E-state index is 13.7. The van der Waals surface area contributed by atoms with Crippen LogP contribution in [0.1, 0.15) is 31.9 Å². The van der Waals surface area contributed by atoms with Crippen LogP contribution >= 0.6 is 23.4 Å². The highest BCUT2D eigenvalue weighted by atomic mass is 35.5. The van der Waals surface area contributed by atoms with Gasteiger partial charge in [0.15, 0.2) is 23.6 Å². The fourth-order valence-electron chi connectivity index (χ4n) is 3.48. The van der Waals surface area contributed by atoms with Crippen molar-refractivity contribution >= 4 is 47.5 Å². The molecule has 4 atom stereocenters. The van der Waals surface area contributed by atoms with Gasteiger partial charge in [-0.1, -0.05) is 23.4 Å². The van der Waals surface area contributed by atoms with Gasteiger partial charge in [0.05, 0.1) is 23.9 Å². The average molecular weight is 645 g/mol. The highest BCUT2D eigenvalue weighted by molar-refractivity contribution is 7.99. The van der Waals surface area contributed by atoms with Gasteiger partial charge in [-0.15, -0.1) is 0 Å². The number of hydrazine groups is 1. The van der Waals surface area contributed by atoms with Gasteiger partial charge < -0.3 is 29.7 Å². The molecule has 43 heavy (non-hydrogen) atoms. The lowest BCUT2D eigenvalue weighted by atomic mass is 10.1. The topological polar surface area (TPSA) is 167 Å². The van der Waals surface area contributed by atoms with Crippen LogP contribution < -0.4 is 11.6 Å². The van der Waals surface area contributed by atoms with Crippen LogP contribution in [0.4, 0.5) is 13.2 Å². The first kappa shape index (κ1) is 35.2. The highest BCUT2D eigenvalue weighted by Crippen LogP contribution is 2.32. The molecule has 0 radical (unpaired) electrons. The number of nitriles is 1. The van der Waals surface area contributed by atoms with Crippen LogP contribution in [0.15, 0.2) is 41.4 Å². The molecule has 4 unspecified atom stereocenters. The fraction of sp³-hybridized carbons (Fsp3) is 0.333. The quantitative estimate of drug-likeness (QED) is 0.0423. The fourth-order valence-corrected chi connectivity index (χ4v) is 4.93. The van der Waals surface area contributed by atoms with Crippen molar-refractivity contribution in [1.29, 1.82) is 5.26 Å². The second-order valence-corrected chi connectivity index (χ2v) is 10.5. The lowest BCUT2D eigenvalue weighted by Crippen LogP contribution is -2.46. The molecule has 2 rings (SSSR count). The lowest BCUT2D eigenvalue weighted by molar-refractivity contribution is -0.166. The van der Waals surface area contributed by atoms with E-state index in [1.165, 1.54) is 25.1 Å². The summed E-state index contributed by atoms with van der Waals surface area (Å²) in [6, 6.07) is 7.72. The number of ether oxygens (including phenoxy) is 4. The number of rotatable bonds is 15. The van der Waals surface area contributed by atoms with Gasteiger partial charge in [-0.3, -0.25) is 14.4 Å². The smallest absolute Gasteiger partial charge is 0.303 e. The van der Waals surface area contributed by atoms with Gasteiger partial charge in [-0.25, -0.2) is 19.0 Å². The summed E-state index contributed by atoms with van der Waals surface area (Å²) in [7, 11) is 0. The van der Waals surface area contributed by atoms with Gasteiger partial charge in [0.25, 0.3) is 6.47 Å². The van der Waals surface area contributed by atoms with Crippen LogP contribution in [0.5, 0.6) is 0 Å². The first-order valence-corrected chi connectivity index (χ1v) is 13.6. The van der Waals surface area contributed by atoms with Crippen LogP contribution in [0, 0.1) is 28.8 Å². The Morgan fingerprint density at radius 3 is 2.33 bits per heavy atom. The Bertz CT molecular complexity index is 1370. The van der Waals surface area contributed by atoms with Crippen LogP contribution in [-0.2, 0) is 33.3 Å². The molecule has 0 aliphatic rings. The minimum atomic E-state index is -1.68. The van der Waals surface area contributed by atoms with Gasteiger partial charge in [0, 0.05) is 35.5 Å². The van der Waals surface area contributed by atoms with Crippen molar-refractivity contribution < 1.29 is 46.5 Å². The number of esters is 2. The van der Waals surface area contributed by atoms with Crippen molar-refractivity contribution in [3.63, 3.8) is 0 Å². The third-order valence-electron chi connectivity index (χ3n) is 5.44. The van der Waals surface area contributed by atoms with E-state index in [1.807, 2.05) is 6.07 Å². The Hall–Kier alpha value is -3.97. The lowest BCUT2D eigenvalue weighted by Gasteiger charge is -2.33. The number of nitrogens with two attached hydrogens (primary N) is 2. The molecule has 2 aromatic carbocycles. The van der Waals surface area contributed by atoms with Gasteiger partial charge >= 0.3 is 11.9 Å². The Kier molecular flexibility index (Phi) is 13.6. The largest absolute Gasteiger partial charge is 0.463 e. The van der Waals surface area contributed by atoms with Gasteiger partial charge in [-0.05, 0) is 37.3 Å². The van der Waals surface area contributed by atoms with E-state index in [9.17, 15) is 32.8 Å². The van der Waals surface area contributed by atoms with E-state index in [-0.39, 0.29) is 41.5 Å². The Labute approximate surface area is 254 Å². The second kappa shape index (κ2) is 16.6. The van der Waals surface area contributed by atoms with Crippen molar-refractivity contribution in [2.45, 2.75) is 49.4 Å². The molecule has 0 bridgehead atoms. The summed E-state index contributed by atoms with van der Waals surface area (Å²) in [5.74, 6) is 0.0598. The minimum Gasteiger partial charge on any atom is -0.463 e. The standard InChI is InChI=1S/C27H28ClF3N4O7S/c1-14(40-13-36)25(12-39-15(2)37)42-27(43-20-5-17(9-32)4-19(28)8-20)24(41-16(3)38)11-35(34)10-23(33)18-6-21(29)26(31)22(30)7-18/h4-8,10,13-14,24-25,27H,11-12,33-34H2,1-3H3/b23-10-. The number of nitrogens with zero attached hydrogens (tertiary/aromatic N) is 2. The van der Waals surface area contributed by atoms with Crippen molar-refractivity contribution in [3.05, 3.63) is 70.1 Å². The molecular weight excluding hydrogens is 617 g/mol. The molecule has 16 heteroatoms. The first-order chi connectivity index (χ1) is 20.2. The molecule has 232 valence electrons. The second-order valence-electron chi connectivity index (χ2n) is 8.87. The molecule has 0 heterocycles. The molecular formula is C27H28ClF3N4O7S. The summed E-state index contributed by atoms with van der Waals surface area (Å²) in [6.07, 6.45) is -2.23. The number of benzene rings is 2. The maximum absolute atomic E-state index is 13.7. The molecule has 11 nitrogen and oxygen atoms in total. The molecule has 0 aliphatic heterocycles. The number of carbonyl (C=O) groups is 3. The zero-order valence-electron chi connectivity index (χ0n) is 23.1. The number of carbonyl (C=O) groups excluding carboxylic acids is 3. The maximum Gasteiger partial charge on any atom is 0.303 e. The molecule has 2 aromatic rings. The first-order valence-electron chi connectivity index (χ1n) is 12.3. The summed E-state index contributed by atoms with van der Waals surface area (Å²) < 4.78 is 62.5. The van der Waals surface area contributed by atoms with Crippen LogP contribution in [0.2, 0.25) is 5.02 Å². The van der Waals surface area contributed by atoms with E-state index in [4.69, 9.17) is 42.1 Å². The summed E-state index contributed by atoms with van der Waals surface area (Å²) in [5, 5.41) is 10.5. The minimum absolute atomic E-state index is 0.174. The number of thioether (sulfide) groups is 1. The molecule has 0 aliphatic carbocycles. The predicted molar refractivity (Wildman–Crippen MR) is 149 cm³/mol. The summed E-state index contributed by atoms with van der Waals surface area (Å²) in [4.78, 5) is 35.1. The molecule has 0 saturated carbocycles. The van der Waals surface area contributed by atoms with Crippen molar-refractivity contribution in [1.82, 2.24) is 5.01 Å². The average Bonchev–Trinajstić information content (AvgIpc) is 2.91. The van der Waals surface area contributed by atoms with E-state index in [1.54, 1.807) is 0 Å². The zero-order valence-corrected chi connectivity index (χ0v) is 24.7. The van der Waals surface area contributed by atoms with Crippen LogP contribution in [-0.4, -0.2) is 60.3 Å². The van der Waals surface area contributed by atoms with Crippen molar-refractivity contribution in [2.24, 2.45) is 11.6 Å². The zero-order chi connectivity index (χ0) is 32.3. The third-order valence-corrected chi connectivity index (χ3v) is 6.81. The molecule has 0 saturated heterocycles. The number of hydrogen-bond donors (Lipinski definition) is 2. The molecule has 4 N–H and O–H groups in total. The SMILES string of the molecule is CC(=O)OCC(OC(Sc1cc(Cl)cc(C#N)c1)C(CN(N)/C=C(\N)c1cc(F)c(F)c(F)c1)OC(C)=O)C(C)OC=O. The molecule has 0 aromatic heterocycles. The Morgan fingerprint density at radius 1 is 1.12 bits per heavy atom. The number of halogens is 4. The monoisotopic (exact) mass is 644 g/mol. The molecule has 0 amide bonds. The molecule has 0 fully saturated rings. The van der Waals surface area contributed by atoms with Gasteiger partial charge in [0.1, 0.15) is 24.3 Å². The van der Waals surface area contributed by atoms with E-state index < -0.39 is 53.1 Å². The summed E-state index contributed by atoms with van der Waals surface area (Å²) in [5.41, 5.74) is 4.47. The van der Waals surface area contributed by atoms with E-state index in [0.29, 0.717) is 17.0 Å². The number of hydrogen-bond acceptors (Lipinski definition) is 12.